The average Bonchev–Trinajstić information content (AvgIpc) is 2.98. The van der Waals surface area contributed by atoms with Gasteiger partial charge in [-0.05, 0) is 43.3 Å². The fraction of sp³-hybridized carbons (Fsp3) is 0.188. The number of carbonyl (C=O) groups excluding carboxylic acids is 1. The number of nitrogens with one attached hydrogen (secondary N) is 1. The summed E-state index contributed by atoms with van der Waals surface area (Å²) in [6.45, 7) is 1.81. The molecule has 1 unspecified atom stereocenters. The molecule has 0 aliphatic carbocycles. The maximum atomic E-state index is 12.3. The third-order valence-electron chi connectivity index (χ3n) is 3.62. The lowest BCUT2D eigenvalue weighted by Gasteiger charge is -2.12. The molecule has 7 nitrogen and oxygen atoms in total. The molecule has 3 rings (SSSR count). The van der Waals surface area contributed by atoms with E-state index in [-0.39, 0.29) is 16.8 Å². The van der Waals surface area contributed by atoms with Crippen LogP contribution in [0.15, 0.2) is 53.6 Å². The van der Waals surface area contributed by atoms with Gasteiger partial charge in [-0.25, -0.2) is 8.42 Å². The fourth-order valence-electron chi connectivity index (χ4n) is 2.35. The second kappa shape index (κ2) is 6.04. The monoisotopic (exact) mass is 344 g/mol. The number of hydrogen-bond donors (Lipinski definition) is 1. The van der Waals surface area contributed by atoms with Crippen molar-refractivity contribution >= 4 is 21.4 Å². The first-order valence-corrected chi connectivity index (χ1v) is 9.16. The minimum absolute atomic E-state index is 0.176. The zero-order chi connectivity index (χ0) is 17.3. The molecule has 2 aromatic heterocycles. The second-order valence-electron chi connectivity index (χ2n) is 5.48. The molecule has 24 heavy (non-hydrogen) atoms. The summed E-state index contributed by atoms with van der Waals surface area (Å²) in [6.07, 6.45) is 2.95. The summed E-state index contributed by atoms with van der Waals surface area (Å²) < 4.78 is 24.7. The van der Waals surface area contributed by atoms with Crippen molar-refractivity contribution in [3.63, 3.8) is 0 Å². The number of benzene rings is 1. The first-order valence-electron chi connectivity index (χ1n) is 7.27. The lowest BCUT2D eigenvalue weighted by molar-refractivity contribution is 0.0938. The van der Waals surface area contributed by atoms with E-state index >= 15 is 0 Å². The van der Waals surface area contributed by atoms with E-state index in [4.69, 9.17) is 0 Å². The summed E-state index contributed by atoms with van der Waals surface area (Å²) >= 11 is 0. The van der Waals surface area contributed by atoms with E-state index in [1.54, 1.807) is 4.40 Å². The van der Waals surface area contributed by atoms with Gasteiger partial charge in [0, 0.05) is 18.0 Å². The van der Waals surface area contributed by atoms with Crippen molar-refractivity contribution in [3.05, 3.63) is 60.0 Å². The van der Waals surface area contributed by atoms with Gasteiger partial charge in [0.05, 0.1) is 10.9 Å². The predicted molar refractivity (Wildman–Crippen MR) is 88.4 cm³/mol. The second-order valence-corrected chi connectivity index (χ2v) is 7.49. The Bertz CT molecular complexity index is 994. The van der Waals surface area contributed by atoms with Crippen LogP contribution in [0.3, 0.4) is 0 Å². The Kier molecular flexibility index (Phi) is 4.06. The molecule has 3 aromatic rings. The Balaban J connectivity index is 1.79. The van der Waals surface area contributed by atoms with Crippen LogP contribution in [0.5, 0.6) is 0 Å². The quantitative estimate of drug-likeness (QED) is 0.776. The number of fused-ring (bicyclic) bond motifs is 1. The molecule has 1 amide bonds. The lowest BCUT2D eigenvalue weighted by Crippen LogP contribution is -2.28. The third kappa shape index (κ3) is 3.13. The number of amides is 1. The van der Waals surface area contributed by atoms with E-state index in [2.05, 4.69) is 15.5 Å². The number of carbonyl (C=O) groups is 1. The molecule has 124 valence electrons. The Labute approximate surface area is 139 Å². The van der Waals surface area contributed by atoms with E-state index in [9.17, 15) is 13.2 Å². The van der Waals surface area contributed by atoms with Crippen molar-refractivity contribution in [3.8, 4) is 0 Å². The van der Waals surface area contributed by atoms with Crippen LogP contribution >= 0.6 is 0 Å². The zero-order valence-corrected chi connectivity index (χ0v) is 14.0. The van der Waals surface area contributed by atoms with Gasteiger partial charge in [0.2, 0.25) is 0 Å². The van der Waals surface area contributed by atoms with Crippen molar-refractivity contribution in [2.24, 2.45) is 0 Å². The van der Waals surface area contributed by atoms with Gasteiger partial charge in [-0.15, -0.1) is 10.2 Å². The van der Waals surface area contributed by atoms with Gasteiger partial charge in [-0.2, -0.15) is 0 Å². The van der Waals surface area contributed by atoms with Gasteiger partial charge in [0.25, 0.3) is 5.91 Å². The Hall–Kier alpha value is -2.74. The van der Waals surface area contributed by atoms with E-state index in [0.717, 1.165) is 6.26 Å². The van der Waals surface area contributed by atoms with E-state index in [1.165, 1.54) is 24.3 Å². The zero-order valence-electron chi connectivity index (χ0n) is 13.2. The summed E-state index contributed by atoms with van der Waals surface area (Å²) in [4.78, 5) is 12.5. The molecule has 0 saturated carbocycles. The minimum Gasteiger partial charge on any atom is -0.342 e. The number of hydrogen-bond acceptors (Lipinski definition) is 5. The van der Waals surface area contributed by atoms with Gasteiger partial charge >= 0.3 is 0 Å². The summed E-state index contributed by atoms with van der Waals surface area (Å²) in [6, 6.07) is 11.0. The van der Waals surface area contributed by atoms with Crippen LogP contribution in [0.2, 0.25) is 0 Å². The number of pyridine rings is 1. The van der Waals surface area contributed by atoms with E-state index in [1.807, 2.05) is 31.3 Å². The predicted octanol–water partition coefficient (Wildman–Crippen LogP) is 1.62. The summed E-state index contributed by atoms with van der Waals surface area (Å²) in [7, 11) is -3.28. The highest BCUT2D eigenvalue weighted by Crippen LogP contribution is 2.14. The molecule has 8 heteroatoms. The van der Waals surface area contributed by atoms with Crippen LogP contribution in [0.25, 0.3) is 5.65 Å². The van der Waals surface area contributed by atoms with Crippen LogP contribution in [-0.4, -0.2) is 35.2 Å². The molecular formula is C16H16N4O3S. The van der Waals surface area contributed by atoms with Crippen molar-refractivity contribution in [2.75, 3.05) is 6.26 Å². The van der Waals surface area contributed by atoms with Crippen molar-refractivity contribution in [2.45, 2.75) is 17.9 Å². The number of nitrogens with zero attached hydrogens (tertiary/aromatic N) is 3. The summed E-state index contributed by atoms with van der Waals surface area (Å²) in [5.41, 5.74) is 1.08. The van der Waals surface area contributed by atoms with Crippen LogP contribution < -0.4 is 5.32 Å². The molecular weight excluding hydrogens is 328 g/mol. The van der Waals surface area contributed by atoms with E-state index < -0.39 is 9.84 Å². The van der Waals surface area contributed by atoms with Gasteiger partial charge in [0.15, 0.2) is 21.3 Å². The fourth-order valence-corrected chi connectivity index (χ4v) is 2.98. The van der Waals surface area contributed by atoms with Crippen LogP contribution in [-0.2, 0) is 9.84 Å². The topological polar surface area (TPSA) is 93.4 Å². The Morgan fingerprint density at radius 2 is 1.83 bits per heavy atom. The molecule has 0 spiro atoms. The van der Waals surface area contributed by atoms with Gasteiger partial charge in [-0.3, -0.25) is 9.20 Å². The molecule has 0 aliphatic heterocycles. The molecule has 0 aliphatic rings. The highest BCUT2D eigenvalue weighted by molar-refractivity contribution is 7.90. The molecule has 0 bridgehead atoms. The highest BCUT2D eigenvalue weighted by atomic mass is 32.2. The third-order valence-corrected chi connectivity index (χ3v) is 4.75. The minimum atomic E-state index is -3.28. The van der Waals surface area contributed by atoms with Crippen LogP contribution in [0.4, 0.5) is 0 Å². The van der Waals surface area contributed by atoms with E-state index in [0.29, 0.717) is 17.0 Å². The standard InChI is InChI=1S/C16H16N4O3S/c1-11(15-19-18-14-5-3-4-10-20(14)15)17-16(21)12-6-8-13(9-7-12)24(2,22)23/h3-11H,1-2H3,(H,17,21). The molecule has 1 aromatic carbocycles. The van der Waals surface area contributed by atoms with Crippen molar-refractivity contribution < 1.29 is 13.2 Å². The highest BCUT2D eigenvalue weighted by Gasteiger charge is 2.17. The maximum absolute atomic E-state index is 12.3. The lowest BCUT2D eigenvalue weighted by atomic mass is 10.2. The van der Waals surface area contributed by atoms with Gasteiger partial charge in [0.1, 0.15) is 0 Å². The Morgan fingerprint density at radius 3 is 2.50 bits per heavy atom. The number of rotatable bonds is 4. The largest absolute Gasteiger partial charge is 0.342 e. The maximum Gasteiger partial charge on any atom is 0.251 e. The number of sulfone groups is 1. The summed E-state index contributed by atoms with van der Waals surface area (Å²) in [5, 5.41) is 11.0. The first-order chi connectivity index (χ1) is 11.4. The van der Waals surface area contributed by atoms with Crippen LogP contribution in [0, 0.1) is 0 Å². The normalized spacial score (nSPS) is 12.9. The van der Waals surface area contributed by atoms with Crippen molar-refractivity contribution in [1.29, 1.82) is 0 Å². The molecule has 2 heterocycles. The molecule has 0 fully saturated rings. The van der Waals surface area contributed by atoms with Gasteiger partial charge < -0.3 is 5.32 Å². The number of aromatic nitrogens is 3. The van der Waals surface area contributed by atoms with Crippen LogP contribution in [0.1, 0.15) is 29.1 Å². The molecule has 0 saturated heterocycles. The molecule has 1 N–H and O–H groups in total. The van der Waals surface area contributed by atoms with Gasteiger partial charge in [-0.1, -0.05) is 6.07 Å². The summed E-state index contributed by atoms with van der Waals surface area (Å²) in [5.74, 6) is 0.307. The smallest absolute Gasteiger partial charge is 0.251 e. The molecule has 1 atom stereocenters. The first kappa shape index (κ1) is 16.1. The average molecular weight is 344 g/mol. The SMILES string of the molecule is CC(NC(=O)c1ccc(S(C)(=O)=O)cc1)c1nnc2ccccn12. The Morgan fingerprint density at radius 1 is 1.12 bits per heavy atom. The van der Waals surface area contributed by atoms with Crippen molar-refractivity contribution in [1.82, 2.24) is 19.9 Å². The molecule has 0 radical (unpaired) electrons.